The standard InChI is InChI=1S/C14H28O3Si/c1-8-12(10-13(15)16-9-2)11-17-18(6,7)14(3,4)5/h8,12H,1,9-11H2,2-7H3. The van der Waals surface area contributed by atoms with Gasteiger partial charge in [0, 0.05) is 12.5 Å². The molecule has 0 heterocycles. The Kier molecular flexibility index (Phi) is 6.85. The third-order valence-corrected chi connectivity index (χ3v) is 8.03. The third-order valence-electron chi connectivity index (χ3n) is 3.53. The van der Waals surface area contributed by atoms with Crippen molar-refractivity contribution in [2.75, 3.05) is 13.2 Å². The van der Waals surface area contributed by atoms with Crippen molar-refractivity contribution in [2.45, 2.75) is 52.2 Å². The Hall–Kier alpha value is -0.613. The predicted octanol–water partition coefficient (Wildman–Crippen LogP) is 3.76. The minimum absolute atomic E-state index is 0.0400. The second-order valence-corrected chi connectivity index (χ2v) is 10.9. The lowest BCUT2D eigenvalue weighted by Crippen LogP contribution is -2.42. The van der Waals surface area contributed by atoms with Crippen LogP contribution in [0, 0.1) is 5.92 Å². The third kappa shape index (κ3) is 5.82. The van der Waals surface area contributed by atoms with Gasteiger partial charge in [-0.05, 0) is 25.1 Å². The van der Waals surface area contributed by atoms with Gasteiger partial charge in [0.25, 0.3) is 0 Å². The Morgan fingerprint density at radius 2 is 1.94 bits per heavy atom. The monoisotopic (exact) mass is 272 g/mol. The largest absolute Gasteiger partial charge is 0.466 e. The number of hydrogen-bond acceptors (Lipinski definition) is 3. The van der Waals surface area contributed by atoms with Crippen molar-refractivity contribution in [2.24, 2.45) is 5.92 Å². The lowest BCUT2D eigenvalue weighted by atomic mass is 10.1. The molecule has 0 saturated carbocycles. The van der Waals surface area contributed by atoms with E-state index in [0.717, 1.165) is 0 Å². The molecule has 0 spiro atoms. The lowest BCUT2D eigenvalue weighted by molar-refractivity contribution is -0.144. The average molecular weight is 272 g/mol. The highest BCUT2D eigenvalue weighted by molar-refractivity contribution is 6.74. The van der Waals surface area contributed by atoms with E-state index in [4.69, 9.17) is 9.16 Å². The molecule has 0 aliphatic rings. The van der Waals surface area contributed by atoms with Crippen LogP contribution in [0.15, 0.2) is 12.7 Å². The van der Waals surface area contributed by atoms with Gasteiger partial charge in [-0.3, -0.25) is 4.79 Å². The fourth-order valence-corrected chi connectivity index (χ4v) is 2.24. The highest BCUT2D eigenvalue weighted by atomic mass is 28.4. The van der Waals surface area contributed by atoms with Crippen molar-refractivity contribution in [1.82, 2.24) is 0 Å². The molecule has 3 nitrogen and oxygen atoms in total. The smallest absolute Gasteiger partial charge is 0.306 e. The van der Waals surface area contributed by atoms with Crippen LogP contribution < -0.4 is 0 Å². The first kappa shape index (κ1) is 17.4. The van der Waals surface area contributed by atoms with E-state index >= 15 is 0 Å². The zero-order chi connectivity index (χ0) is 14.4. The van der Waals surface area contributed by atoms with Crippen LogP contribution in [0.4, 0.5) is 0 Å². The zero-order valence-electron chi connectivity index (χ0n) is 12.7. The first-order valence-corrected chi connectivity index (χ1v) is 9.47. The number of rotatable bonds is 7. The van der Waals surface area contributed by atoms with E-state index in [9.17, 15) is 4.79 Å². The van der Waals surface area contributed by atoms with E-state index in [2.05, 4.69) is 40.4 Å². The van der Waals surface area contributed by atoms with E-state index < -0.39 is 8.32 Å². The average Bonchev–Trinajstić information content (AvgIpc) is 2.22. The van der Waals surface area contributed by atoms with Gasteiger partial charge in [0.15, 0.2) is 8.32 Å². The molecule has 0 saturated heterocycles. The summed E-state index contributed by atoms with van der Waals surface area (Å²) in [6, 6.07) is 0. The van der Waals surface area contributed by atoms with Crippen LogP contribution in [-0.2, 0) is 14.0 Å². The molecule has 0 radical (unpaired) electrons. The molecule has 0 rings (SSSR count). The Morgan fingerprint density at radius 1 is 1.39 bits per heavy atom. The molecule has 18 heavy (non-hydrogen) atoms. The number of esters is 1. The molecule has 0 aromatic carbocycles. The molecular formula is C14H28O3Si. The molecule has 0 N–H and O–H groups in total. The van der Waals surface area contributed by atoms with Crippen LogP contribution in [0.2, 0.25) is 18.1 Å². The Labute approximate surface area is 113 Å². The second-order valence-electron chi connectivity index (χ2n) is 6.08. The minimum Gasteiger partial charge on any atom is -0.466 e. The maximum absolute atomic E-state index is 11.4. The van der Waals surface area contributed by atoms with Crippen LogP contribution in [0.1, 0.15) is 34.1 Å². The zero-order valence-corrected chi connectivity index (χ0v) is 13.7. The summed E-state index contributed by atoms with van der Waals surface area (Å²) < 4.78 is 11.0. The van der Waals surface area contributed by atoms with Crippen LogP contribution >= 0.6 is 0 Å². The molecule has 0 fully saturated rings. The summed E-state index contributed by atoms with van der Waals surface area (Å²) in [5.41, 5.74) is 0. The van der Waals surface area contributed by atoms with Gasteiger partial charge in [0.05, 0.1) is 13.0 Å². The summed E-state index contributed by atoms with van der Waals surface area (Å²) in [6.45, 7) is 17.6. The van der Waals surface area contributed by atoms with Crippen LogP contribution in [0.5, 0.6) is 0 Å². The SMILES string of the molecule is C=CC(CO[Si](C)(C)C(C)(C)C)CC(=O)OCC. The summed E-state index contributed by atoms with van der Waals surface area (Å²) in [5, 5.41) is 0.183. The van der Waals surface area contributed by atoms with Gasteiger partial charge >= 0.3 is 5.97 Å². The minimum atomic E-state index is -1.75. The highest BCUT2D eigenvalue weighted by Gasteiger charge is 2.37. The van der Waals surface area contributed by atoms with Gasteiger partial charge in [-0.25, -0.2) is 0 Å². The fourth-order valence-electron chi connectivity index (χ4n) is 1.18. The predicted molar refractivity (Wildman–Crippen MR) is 78.1 cm³/mol. The maximum atomic E-state index is 11.4. The molecule has 0 aliphatic heterocycles. The molecule has 4 heteroatoms. The van der Waals surface area contributed by atoms with Gasteiger partial charge in [-0.15, -0.1) is 6.58 Å². The maximum Gasteiger partial charge on any atom is 0.306 e. The molecule has 0 aromatic rings. The molecule has 0 amide bonds. The number of carbonyl (C=O) groups is 1. The summed E-state index contributed by atoms with van der Waals surface area (Å²) in [6.07, 6.45) is 2.13. The number of ether oxygens (including phenoxy) is 1. The summed E-state index contributed by atoms with van der Waals surface area (Å²) in [5.74, 6) is -0.139. The summed E-state index contributed by atoms with van der Waals surface area (Å²) in [4.78, 5) is 11.4. The second kappa shape index (κ2) is 7.09. The summed E-state index contributed by atoms with van der Waals surface area (Å²) >= 11 is 0. The molecule has 0 bridgehead atoms. The van der Waals surface area contributed by atoms with Gasteiger partial charge in [-0.2, -0.15) is 0 Å². The Balaban J connectivity index is 4.32. The normalized spacial score (nSPS) is 14.1. The molecule has 0 aromatic heterocycles. The molecule has 1 unspecified atom stereocenters. The van der Waals surface area contributed by atoms with Crippen LogP contribution in [0.3, 0.4) is 0 Å². The molecule has 0 aliphatic carbocycles. The van der Waals surface area contributed by atoms with Crippen molar-refractivity contribution in [3.63, 3.8) is 0 Å². The molecule has 1 atom stereocenters. The number of hydrogen-bond donors (Lipinski definition) is 0. The van der Waals surface area contributed by atoms with Crippen molar-refractivity contribution in [3.8, 4) is 0 Å². The summed E-state index contributed by atoms with van der Waals surface area (Å²) in [7, 11) is -1.75. The van der Waals surface area contributed by atoms with Gasteiger partial charge in [-0.1, -0.05) is 26.8 Å². The van der Waals surface area contributed by atoms with Crippen molar-refractivity contribution >= 4 is 14.3 Å². The van der Waals surface area contributed by atoms with Crippen LogP contribution in [-0.4, -0.2) is 27.5 Å². The Bertz CT molecular complexity index is 279. The van der Waals surface area contributed by atoms with E-state index in [1.54, 1.807) is 6.08 Å². The van der Waals surface area contributed by atoms with Gasteiger partial charge in [0.1, 0.15) is 0 Å². The quantitative estimate of drug-likeness (QED) is 0.402. The van der Waals surface area contributed by atoms with E-state index in [-0.39, 0.29) is 16.9 Å². The number of carbonyl (C=O) groups excluding carboxylic acids is 1. The van der Waals surface area contributed by atoms with Crippen molar-refractivity contribution in [1.29, 1.82) is 0 Å². The first-order chi connectivity index (χ1) is 8.14. The molecule has 106 valence electrons. The van der Waals surface area contributed by atoms with Crippen LogP contribution in [0.25, 0.3) is 0 Å². The van der Waals surface area contributed by atoms with Gasteiger partial charge < -0.3 is 9.16 Å². The first-order valence-electron chi connectivity index (χ1n) is 6.56. The molecular weight excluding hydrogens is 244 g/mol. The highest BCUT2D eigenvalue weighted by Crippen LogP contribution is 2.36. The van der Waals surface area contributed by atoms with E-state index in [1.165, 1.54) is 0 Å². The van der Waals surface area contributed by atoms with Crippen molar-refractivity contribution in [3.05, 3.63) is 12.7 Å². The van der Waals surface area contributed by atoms with Gasteiger partial charge in [0.2, 0.25) is 0 Å². The van der Waals surface area contributed by atoms with E-state index in [0.29, 0.717) is 19.6 Å². The topological polar surface area (TPSA) is 35.5 Å². The fraction of sp³-hybridized carbons (Fsp3) is 0.786. The lowest BCUT2D eigenvalue weighted by Gasteiger charge is -2.37. The van der Waals surface area contributed by atoms with Crippen molar-refractivity contribution < 1.29 is 14.0 Å². The Morgan fingerprint density at radius 3 is 2.33 bits per heavy atom. The van der Waals surface area contributed by atoms with E-state index in [1.807, 2.05) is 6.92 Å².